The summed E-state index contributed by atoms with van der Waals surface area (Å²) in [6.45, 7) is 0. The van der Waals surface area contributed by atoms with Crippen LogP contribution in [0.2, 0.25) is 0 Å². The van der Waals surface area contributed by atoms with Gasteiger partial charge in [0.25, 0.3) is 0 Å². The predicted octanol–water partition coefficient (Wildman–Crippen LogP) is 3.15. The Labute approximate surface area is 98.5 Å². The average molecular weight is 238 g/mol. The van der Waals surface area contributed by atoms with Gasteiger partial charge in [-0.15, -0.1) is 23.1 Å². The van der Waals surface area contributed by atoms with E-state index < -0.39 is 0 Å². The Balaban J connectivity index is 0.000000187. The van der Waals surface area contributed by atoms with Crippen molar-refractivity contribution in [3.8, 4) is 0 Å². The van der Waals surface area contributed by atoms with Crippen molar-refractivity contribution in [1.29, 1.82) is 0 Å². The Bertz CT molecular complexity index is 318. The van der Waals surface area contributed by atoms with Crippen LogP contribution in [0.15, 0.2) is 47.4 Å². The van der Waals surface area contributed by atoms with Crippen LogP contribution in [0.5, 0.6) is 0 Å². The smallest absolute Gasteiger partial charge is 0.0791 e. The third-order valence-corrected chi connectivity index (χ3v) is 3.03. The van der Waals surface area contributed by atoms with Crippen molar-refractivity contribution in [1.82, 2.24) is 4.98 Å². The van der Waals surface area contributed by atoms with E-state index in [1.807, 2.05) is 42.0 Å². The number of thioether (sulfide) groups is 1. The molecule has 0 saturated carbocycles. The molecule has 2 aromatic rings. The van der Waals surface area contributed by atoms with Crippen LogP contribution in [-0.4, -0.2) is 11.2 Å². The standard InChI is InChI=1S/C8H11NS.C3H3NS/c1-10-8(9)7-5-3-2-4-6-7;1-2-5-3-4-1/h2-6,8H,9H2,1H3;1-3H. The van der Waals surface area contributed by atoms with E-state index in [0.29, 0.717) is 0 Å². The number of hydrogen-bond donors (Lipinski definition) is 1. The molecule has 0 amide bonds. The first-order valence-electron chi connectivity index (χ1n) is 4.50. The van der Waals surface area contributed by atoms with Crippen molar-refractivity contribution < 1.29 is 0 Å². The van der Waals surface area contributed by atoms with Crippen LogP contribution in [0.25, 0.3) is 0 Å². The molecule has 4 heteroatoms. The van der Waals surface area contributed by atoms with E-state index in [2.05, 4.69) is 4.98 Å². The fraction of sp³-hybridized carbons (Fsp3) is 0.182. The minimum Gasteiger partial charge on any atom is -0.316 e. The molecule has 0 radical (unpaired) electrons. The second-order valence-corrected chi connectivity index (χ2v) is 4.48. The molecule has 0 spiro atoms. The van der Waals surface area contributed by atoms with Crippen molar-refractivity contribution >= 4 is 23.1 Å². The van der Waals surface area contributed by atoms with Crippen molar-refractivity contribution in [3.05, 3.63) is 53.0 Å². The third-order valence-electron chi connectivity index (χ3n) is 1.73. The molecule has 2 rings (SSSR count). The van der Waals surface area contributed by atoms with Gasteiger partial charge in [-0.05, 0) is 11.8 Å². The summed E-state index contributed by atoms with van der Waals surface area (Å²) in [5.74, 6) is 0. The van der Waals surface area contributed by atoms with Crippen molar-refractivity contribution in [2.75, 3.05) is 6.26 Å². The Morgan fingerprint density at radius 1 is 1.33 bits per heavy atom. The zero-order valence-corrected chi connectivity index (χ0v) is 10.2. The molecule has 2 N–H and O–H groups in total. The highest BCUT2D eigenvalue weighted by molar-refractivity contribution is 7.98. The molecule has 0 fully saturated rings. The highest BCUT2D eigenvalue weighted by atomic mass is 32.2. The number of aromatic nitrogens is 1. The van der Waals surface area contributed by atoms with Crippen LogP contribution in [0.1, 0.15) is 10.9 Å². The molecule has 1 aromatic heterocycles. The molecule has 1 heterocycles. The maximum Gasteiger partial charge on any atom is 0.0791 e. The quantitative estimate of drug-likeness (QED) is 0.817. The molecule has 0 aliphatic rings. The average Bonchev–Trinajstić information content (AvgIpc) is 2.88. The first-order valence-corrected chi connectivity index (χ1v) is 6.73. The molecule has 15 heavy (non-hydrogen) atoms. The fourth-order valence-corrected chi connectivity index (χ4v) is 1.74. The number of benzene rings is 1. The largest absolute Gasteiger partial charge is 0.316 e. The van der Waals surface area contributed by atoms with Crippen molar-refractivity contribution in [2.24, 2.45) is 5.73 Å². The molecule has 1 aromatic carbocycles. The maximum atomic E-state index is 5.76. The fourth-order valence-electron chi connectivity index (χ4n) is 0.954. The van der Waals surface area contributed by atoms with Gasteiger partial charge in [-0.25, -0.2) is 0 Å². The Kier molecular flexibility index (Phi) is 6.08. The lowest BCUT2D eigenvalue weighted by Gasteiger charge is -2.06. The molecule has 0 saturated heterocycles. The van der Waals surface area contributed by atoms with Crippen LogP contribution in [-0.2, 0) is 0 Å². The number of hydrogen-bond acceptors (Lipinski definition) is 4. The van der Waals surface area contributed by atoms with Crippen LogP contribution in [0.4, 0.5) is 0 Å². The van der Waals surface area contributed by atoms with Gasteiger partial charge in [-0.3, -0.25) is 4.98 Å². The van der Waals surface area contributed by atoms with Gasteiger partial charge >= 0.3 is 0 Å². The molecule has 0 aliphatic heterocycles. The number of nitrogens with two attached hydrogens (primary N) is 1. The van der Waals surface area contributed by atoms with Gasteiger partial charge < -0.3 is 5.73 Å². The predicted molar refractivity (Wildman–Crippen MR) is 69.0 cm³/mol. The second-order valence-electron chi connectivity index (χ2n) is 2.74. The van der Waals surface area contributed by atoms with Gasteiger partial charge in [0.15, 0.2) is 0 Å². The van der Waals surface area contributed by atoms with Gasteiger partial charge in [-0.1, -0.05) is 30.3 Å². The Morgan fingerprint density at radius 2 is 2.07 bits per heavy atom. The summed E-state index contributed by atoms with van der Waals surface area (Å²) in [5.41, 5.74) is 8.74. The molecule has 1 unspecified atom stereocenters. The lowest BCUT2D eigenvalue weighted by atomic mass is 10.2. The Morgan fingerprint density at radius 3 is 2.47 bits per heavy atom. The van der Waals surface area contributed by atoms with Gasteiger partial charge in [-0.2, -0.15) is 0 Å². The van der Waals surface area contributed by atoms with Crippen LogP contribution < -0.4 is 5.73 Å². The SMILES string of the molecule is CSC(N)c1ccccc1.c1cscn1. The van der Waals surface area contributed by atoms with Crippen LogP contribution in [0.3, 0.4) is 0 Å². The summed E-state index contributed by atoms with van der Waals surface area (Å²) in [4.78, 5) is 3.74. The molecule has 80 valence electrons. The summed E-state index contributed by atoms with van der Waals surface area (Å²) in [7, 11) is 0. The van der Waals surface area contributed by atoms with Gasteiger partial charge in [0, 0.05) is 11.6 Å². The van der Waals surface area contributed by atoms with E-state index in [-0.39, 0.29) is 5.37 Å². The zero-order chi connectivity index (χ0) is 10.9. The van der Waals surface area contributed by atoms with E-state index in [0.717, 1.165) is 0 Å². The summed E-state index contributed by atoms with van der Waals surface area (Å²) in [6, 6.07) is 10.1. The first-order chi connectivity index (χ1) is 7.34. The van der Waals surface area contributed by atoms with E-state index in [1.165, 1.54) is 5.56 Å². The molecule has 0 bridgehead atoms. The minimum atomic E-state index is 0.126. The summed E-state index contributed by atoms with van der Waals surface area (Å²) >= 11 is 3.26. The molecular formula is C11H14N2S2. The van der Waals surface area contributed by atoms with Gasteiger partial charge in [0.2, 0.25) is 0 Å². The normalized spacial score (nSPS) is 11.3. The Hall–Kier alpha value is -0.840. The van der Waals surface area contributed by atoms with Crippen LogP contribution >= 0.6 is 23.1 Å². The molecular weight excluding hydrogens is 224 g/mol. The summed E-state index contributed by atoms with van der Waals surface area (Å²) < 4.78 is 0. The monoisotopic (exact) mass is 238 g/mol. The maximum absolute atomic E-state index is 5.76. The number of thiazole rings is 1. The van der Waals surface area contributed by atoms with E-state index in [9.17, 15) is 0 Å². The highest BCUT2D eigenvalue weighted by Gasteiger charge is 1.99. The lowest BCUT2D eigenvalue weighted by Crippen LogP contribution is -2.03. The summed E-state index contributed by atoms with van der Waals surface area (Å²) in [6.07, 6.45) is 3.78. The van der Waals surface area contributed by atoms with Gasteiger partial charge in [0.1, 0.15) is 0 Å². The number of rotatable bonds is 2. The number of nitrogens with zero attached hydrogens (tertiary/aromatic N) is 1. The van der Waals surface area contributed by atoms with Crippen LogP contribution in [0, 0.1) is 0 Å². The summed E-state index contributed by atoms with van der Waals surface area (Å²) in [5, 5.41) is 2.06. The van der Waals surface area contributed by atoms with E-state index in [1.54, 1.807) is 34.8 Å². The second kappa shape index (κ2) is 7.45. The van der Waals surface area contributed by atoms with E-state index in [4.69, 9.17) is 5.73 Å². The topological polar surface area (TPSA) is 38.9 Å². The third kappa shape index (κ3) is 4.97. The lowest BCUT2D eigenvalue weighted by molar-refractivity contribution is 1.04. The van der Waals surface area contributed by atoms with E-state index >= 15 is 0 Å². The molecule has 1 atom stereocenters. The first kappa shape index (κ1) is 12.2. The highest BCUT2D eigenvalue weighted by Crippen LogP contribution is 2.19. The zero-order valence-electron chi connectivity index (χ0n) is 8.54. The van der Waals surface area contributed by atoms with Gasteiger partial charge in [0.05, 0.1) is 10.9 Å². The minimum absolute atomic E-state index is 0.126. The van der Waals surface area contributed by atoms with Crippen molar-refractivity contribution in [3.63, 3.8) is 0 Å². The molecule has 0 aliphatic carbocycles. The van der Waals surface area contributed by atoms with Crippen molar-refractivity contribution in [2.45, 2.75) is 5.37 Å². The molecule has 2 nitrogen and oxygen atoms in total.